The van der Waals surface area contributed by atoms with Gasteiger partial charge in [-0.15, -0.1) is 0 Å². The molecule has 0 spiro atoms. The molecule has 0 saturated heterocycles. The van der Waals surface area contributed by atoms with Gasteiger partial charge < -0.3 is 9.47 Å². The van der Waals surface area contributed by atoms with Crippen LogP contribution in [0.15, 0.2) is 54.6 Å². The second-order valence-corrected chi connectivity index (χ2v) is 4.43. The fourth-order valence-electron chi connectivity index (χ4n) is 2.30. The molecule has 1 aliphatic heterocycles. The molecule has 18 heavy (non-hydrogen) atoms. The zero-order valence-electron chi connectivity index (χ0n) is 10.2. The van der Waals surface area contributed by atoms with Gasteiger partial charge in [-0.3, -0.25) is 0 Å². The van der Waals surface area contributed by atoms with Crippen molar-refractivity contribution in [3.63, 3.8) is 0 Å². The van der Waals surface area contributed by atoms with Crippen molar-refractivity contribution in [2.45, 2.75) is 12.5 Å². The lowest BCUT2D eigenvalue weighted by molar-refractivity contribution is 0.0102. The van der Waals surface area contributed by atoms with Crippen molar-refractivity contribution in [3.8, 4) is 5.75 Å². The molecule has 3 rings (SSSR count). The molecular weight excluding hydrogens is 224 g/mol. The summed E-state index contributed by atoms with van der Waals surface area (Å²) in [5.74, 6) is 0.893. The van der Waals surface area contributed by atoms with Crippen LogP contribution < -0.4 is 4.74 Å². The highest BCUT2D eigenvalue weighted by atomic mass is 16.5. The second-order valence-electron chi connectivity index (χ2n) is 4.43. The maximum Gasteiger partial charge on any atom is 0.119 e. The smallest absolute Gasteiger partial charge is 0.119 e. The van der Waals surface area contributed by atoms with Crippen molar-refractivity contribution >= 4 is 0 Å². The van der Waals surface area contributed by atoms with Crippen LogP contribution in [-0.2, 0) is 11.2 Å². The summed E-state index contributed by atoms with van der Waals surface area (Å²) in [6, 6.07) is 18.3. The highest BCUT2D eigenvalue weighted by Gasteiger charge is 2.20. The van der Waals surface area contributed by atoms with Crippen LogP contribution in [0.5, 0.6) is 5.75 Å². The first kappa shape index (κ1) is 11.3. The van der Waals surface area contributed by atoms with E-state index in [0.29, 0.717) is 6.61 Å². The van der Waals surface area contributed by atoms with E-state index >= 15 is 0 Å². The van der Waals surface area contributed by atoms with E-state index in [1.165, 1.54) is 11.1 Å². The molecule has 1 aliphatic rings. The molecule has 0 aliphatic carbocycles. The molecule has 0 amide bonds. The average Bonchev–Trinajstić information content (AvgIpc) is 2.46. The standard InChI is InChI=1S/C16H16O2/c1-2-7-14(8-3-1)18-12-16-15-9-5-4-6-13(15)10-11-17-16/h1-9,16H,10-12H2. The van der Waals surface area contributed by atoms with Gasteiger partial charge in [0.15, 0.2) is 0 Å². The maximum atomic E-state index is 5.80. The number of fused-ring (bicyclic) bond motifs is 1. The second kappa shape index (κ2) is 5.23. The van der Waals surface area contributed by atoms with Gasteiger partial charge in [0, 0.05) is 0 Å². The van der Waals surface area contributed by atoms with Gasteiger partial charge >= 0.3 is 0 Å². The Balaban J connectivity index is 1.71. The molecule has 1 atom stereocenters. The summed E-state index contributed by atoms with van der Waals surface area (Å²) >= 11 is 0. The van der Waals surface area contributed by atoms with Gasteiger partial charge in [0.05, 0.1) is 6.61 Å². The lowest BCUT2D eigenvalue weighted by Crippen LogP contribution is -2.21. The van der Waals surface area contributed by atoms with Gasteiger partial charge in [0.25, 0.3) is 0 Å². The molecule has 2 aromatic carbocycles. The van der Waals surface area contributed by atoms with E-state index in [4.69, 9.17) is 9.47 Å². The summed E-state index contributed by atoms with van der Waals surface area (Å²) < 4.78 is 11.6. The Labute approximate surface area is 107 Å². The van der Waals surface area contributed by atoms with Crippen LogP contribution in [0.25, 0.3) is 0 Å². The van der Waals surface area contributed by atoms with E-state index in [1.807, 2.05) is 30.3 Å². The SMILES string of the molecule is c1ccc(OCC2OCCc3ccccc32)cc1. The summed E-state index contributed by atoms with van der Waals surface area (Å²) in [4.78, 5) is 0. The Bertz CT molecular complexity index is 508. The minimum Gasteiger partial charge on any atom is -0.491 e. The van der Waals surface area contributed by atoms with Gasteiger partial charge in [-0.1, -0.05) is 42.5 Å². The highest BCUT2D eigenvalue weighted by Crippen LogP contribution is 2.27. The summed E-state index contributed by atoms with van der Waals surface area (Å²) in [5.41, 5.74) is 2.64. The van der Waals surface area contributed by atoms with Crippen molar-refractivity contribution in [3.05, 3.63) is 65.7 Å². The van der Waals surface area contributed by atoms with Crippen LogP contribution in [0.1, 0.15) is 17.2 Å². The van der Waals surface area contributed by atoms with Crippen molar-refractivity contribution in [2.75, 3.05) is 13.2 Å². The summed E-state index contributed by atoms with van der Waals surface area (Å²) in [7, 11) is 0. The molecule has 2 heteroatoms. The van der Waals surface area contributed by atoms with E-state index in [9.17, 15) is 0 Å². The number of hydrogen-bond acceptors (Lipinski definition) is 2. The summed E-state index contributed by atoms with van der Waals surface area (Å²) in [5, 5.41) is 0. The van der Waals surface area contributed by atoms with E-state index in [-0.39, 0.29) is 6.10 Å². The van der Waals surface area contributed by atoms with Crippen LogP contribution >= 0.6 is 0 Å². The molecule has 1 heterocycles. The number of ether oxygens (including phenoxy) is 2. The summed E-state index contributed by atoms with van der Waals surface area (Å²) in [6.07, 6.45) is 1.05. The van der Waals surface area contributed by atoms with E-state index in [2.05, 4.69) is 24.3 Å². The summed E-state index contributed by atoms with van der Waals surface area (Å²) in [6.45, 7) is 1.35. The van der Waals surface area contributed by atoms with Crippen LogP contribution in [0.4, 0.5) is 0 Å². The predicted octanol–water partition coefficient (Wildman–Crippen LogP) is 3.38. The number of benzene rings is 2. The third kappa shape index (κ3) is 2.39. The van der Waals surface area contributed by atoms with Crippen LogP contribution in [0.3, 0.4) is 0 Å². The van der Waals surface area contributed by atoms with E-state index in [0.717, 1.165) is 18.8 Å². The topological polar surface area (TPSA) is 18.5 Å². The zero-order valence-corrected chi connectivity index (χ0v) is 10.2. The molecule has 0 aromatic heterocycles. The third-order valence-electron chi connectivity index (χ3n) is 3.24. The van der Waals surface area contributed by atoms with Crippen molar-refractivity contribution in [2.24, 2.45) is 0 Å². The lowest BCUT2D eigenvalue weighted by atomic mass is 9.98. The minimum atomic E-state index is 0.0511. The fourth-order valence-corrected chi connectivity index (χ4v) is 2.30. The largest absolute Gasteiger partial charge is 0.491 e. The fraction of sp³-hybridized carbons (Fsp3) is 0.250. The first-order chi connectivity index (χ1) is 8.93. The number of hydrogen-bond donors (Lipinski definition) is 0. The van der Waals surface area contributed by atoms with Gasteiger partial charge in [0.2, 0.25) is 0 Å². The molecule has 0 bridgehead atoms. The quantitative estimate of drug-likeness (QED) is 0.818. The van der Waals surface area contributed by atoms with Gasteiger partial charge in [-0.05, 0) is 29.7 Å². The average molecular weight is 240 g/mol. The van der Waals surface area contributed by atoms with E-state index in [1.54, 1.807) is 0 Å². The number of rotatable bonds is 3. The Morgan fingerprint density at radius 2 is 1.78 bits per heavy atom. The molecule has 0 N–H and O–H groups in total. The normalized spacial score (nSPS) is 18.1. The third-order valence-corrected chi connectivity index (χ3v) is 3.24. The molecule has 0 fully saturated rings. The Kier molecular flexibility index (Phi) is 3.29. The Morgan fingerprint density at radius 1 is 1.00 bits per heavy atom. The number of para-hydroxylation sites is 1. The van der Waals surface area contributed by atoms with Gasteiger partial charge in [0.1, 0.15) is 18.5 Å². The van der Waals surface area contributed by atoms with E-state index < -0.39 is 0 Å². The monoisotopic (exact) mass is 240 g/mol. The molecular formula is C16H16O2. The predicted molar refractivity (Wildman–Crippen MR) is 70.8 cm³/mol. The molecule has 0 saturated carbocycles. The van der Waals surface area contributed by atoms with Gasteiger partial charge in [-0.25, -0.2) is 0 Å². The molecule has 2 aromatic rings. The van der Waals surface area contributed by atoms with Crippen molar-refractivity contribution in [1.29, 1.82) is 0 Å². The van der Waals surface area contributed by atoms with Crippen LogP contribution in [0.2, 0.25) is 0 Å². The van der Waals surface area contributed by atoms with Crippen molar-refractivity contribution < 1.29 is 9.47 Å². The van der Waals surface area contributed by atoms with Crippen LogP contribution in [-0.4, -0.2) is 13.2 Å². The first-order valence-electron chi connectivity index (χ1n) is 6.31. The Morgan fingerprint density at radius 3 is 2.67 bits per heavy atom. The Hall–Kier alpha value is -1.80. The lowest BCUT2D eigenvalue weighted by Gasteiger charge is -2.26. The molecule has 1 unspecified atom stereocenters. The zero-order chi connectivity index (χ0) is 12.2. The van der Waals surface area contributed by atoms with Crippen molar-refractivity contribution in [1.82, 2.24) is 0 Å². The molecule has 2 nitrogen and oxygen atoms in total. The van der Waals surface area contributed by atoms with Gasteiger partial charge in [-0.2, -0.15) is 0 Å². The molecule has 92 valence electrons. The highest BCUT2D eigenvalue weighted by molar-refractivity contribution is 5.31. The minimum absolute atomic E-state index is 0.0511. The van der Waals surface area contributed by atoms with Crippen LogP contribution in [0, 0.1) is 0 Å². The molecule has 0 radical (unpaired) electrons. The first-order valence-corrected chi connectivity index (χ1v) is 6.31. The maximum absolute atomic E-state index is 5.80.